The molecule has 2 aromatic rings. The van der Waals surface area contributed by atoms with Crippen LogP contribution < -0.4 is 26.8 Å². The first-order valence-electron chi connectivity index (χ1n) is 15.8. The fraction of sp³-hybridized carbons (Fsp3) is 0.533. The molecule has 0 bridgehead atoms. The fourth-order valence-electron chi connectivity index (χ4n) is 6.78. The van der Waals surface area contributed by atoms with E-state index in [-0.39, 0.29) is 23.3 Å². The highest BCUT2D eigenvalue weighted by Gasteiger charge is 2.58. The molecule has 0 unspecified atom stereocenters. The number of aliphatic imine (C=N–C) groups is 1. The number of anilines is 1. The van der Waals surface area contributed by atoms with Crippen LogP contribution in [0.4, 0.5) is 5.13 Å². The number of nitrogens with zero attached hydrogens (tertiary/aromatic N) is 4. The number of hydrogen-bond acceptors (Lipinski definition) is 14. The summed E-state index contributed by atoms with van der Waals surface area (Å²) in [5.41, 5.74) is 9.92. The van der Waals surface area contributed by atoms with Crippen molar-refractivity contribution >= 4 is 56.2 Å². The molecule has 3 atom stereocenters. The summed E-state index contributed by atoms with van der Waals surface area (Å²) in [5.74, 6) is -2.56. The van der Waals surface area contributed by atoms with Gasteiger partial charge in [0.2, 0.25) is 0 Å². The average Bonchev–Trinajstić information content (AvgIpc) is 3.70. The van der Waals surface area contributed by atoms with Crippen molar-refractivity contribution < 1.29 is 46.3 Å². The first-order chi connectivity index (χ1) is 23.4. The smallest absolute Gasteiger partial charge is 0.418 e. The molecule has 1 spiro atoms. The zero-order valence-electron chi connectivity index (χ0n) is 27.4. The van der Waals surface area contributed by atoms with E-state index in [1.165, 1.54) is 26.2 Å². The Morgan fingerprint density at radius 1 is 1.30 bits per heavy atom. The second-order valence-corrected chi connectivity index (χ2v) is 15.6. The van der Waals surface area contributed by atoms with Gasteiger partial charge in [0.1, 0.15) is 23.3 Å². The number of carboxylic acid groups (broad SMARTS) is 1. The number of carbonyl (C=O) groups is 3. The molecule has 8 N–H and O–H groups in total. The Morgan fingerprint density at radius 2 is 2.04 bits per heavy atom. The molecule has 18 nitrogen and oxygen atoms in total. The lowest BCUT2D eigenvalue weighted by Crippen LogP contribution is -2.76. The van der Waals surface area contributed by atoms with Crippen LogP contribution >= 0.6 is 11.3 Å². The van der Waals surface area contributed by atoms with E-state index in [1.807, 2.05) is 6.07 Å². The zero-order valence-corrected chi connectivity index (χ0v) is 29.0. The van der Waals surface area contributed by atoms with Crippen LogP contribution in [0.15, 0.2) is 33.7 Å². The van der Waals surface area contributed by atoms with Gasteiger partial charge in [0.25, 0.3) is 17.4 Å². The van der Waals surface area contributed by atoms with Crippen LogP contribution in [0.3, 0.4) is 0 Å². The summed E-state index contributed by atoms with van der Waals surface area (Å²) in [6.45, 7) is 6.06. The van der Waals surface area contributed by atoms with Crippen LogP contribution in [0, 0.1) is 5.41 Å². The highest BCUT2D eigenvalue weighted by Crippen LogP contribution is 2.47. The molecule has 1 aliphatic carbocycles. The maximum Gasteiger partial charge on any atom is 0.418 e. The first kappa shape index (κ1) is 35.5. The highest BCUT2D eigenvalue weighted by atomic mass is 32.3. The van der Waals surface area contributed by atoms with E-state index in [2.05, 4.69) is 25.1 Å². The first-order valence-corrected chi connectivity index (χ1v) is 18.0. The Kier molecular flexibility index (Phi) is 9.04. The third-order valence-electron chi connectivity index (χ3n) is 9.76. The number of aromatic nitrogens is 1. The van der Waals surface area contributed by atoms with E-state index in [4.69, 9.17) is 30.6 Å². The average molecular weight is 735 g/mol. The van der Waals surface area contributed by atoms with Gasteiger partial charge >= 0.3 is 16.4 Å². The summed E-state index contributed by atoms with van der Waals surface area (Å²) in [6, 6.07) is 4.21. The number of rotatable bonds is 11. The predicted octanol–water partition coefficient (Wildman–Crippen LogP) is 0.371. The molecule has 2 amide bonds. The Bertz CT molecular complexity index is 1880. The van der Waals surface area contributed by atoms with Crippen LogP contribution in [0.2, 0.25) is 0 Å². The maximum atomic E-state index is 13.5. The number of hydrogen-bond donors (Lipinski definition) is 6. The number of nitrogen functional groups attached to an aromatic ring is 1. The summed E-state index contributed by atoms with van der Waals surface area (Å²) >= 11 is 0.971. The Balaban J connectivity index is 1.17. The van der Waals surface area contributed by atoms with Crippen molar-refractivity contribution in [1.82, 2.24) is 20.7 Å². The van der Waals surface area contributed by atoms with Gasteiger partial charge in [-0.15, -0.1) is 15.6 Å². The minimum Gasteiger partial charge on any atom is -0.485 e. The van der Waals surface area contributed by atoms with Crippen molar-refractivity contribution in [2.24, 2.45) is 21.3 Å². The van der Waals surface area contributed by atoms with Gasteiger partial charge in [0, 0.05) is 17.5 Å². The van der Waals surface area contributed by atoms with Crippen molar-refractivity contribution in [1.29, 1.82) is 0 Å². The van der Waals surface area contributed by atoms with E-state index >= 15 is 0 Å². The molecule has 0 radical (unpaired) electrons. The number of amidine groups is 1. The Labute approximate surface area is 291 Å². The van der Waals surface area contributed by atoms with Gasteiger partial charge in [0.05, 0.1) is 11.6 Å². The van der Waals surface area contributed by atoms with Gasteiger partial charge in [-0.2, -0.15) is 13.5 Å². The number of carbonyl (C=O) groups excluding carboxylic acids is 2. The molecule has 3 aliphatic heterocycles. The lowest BCUT2D eigenvalue weighted by Gasteiger charge is -2.50. The molecular weight excluding hydrogens is 697 g/mol. The lowest BCUT2D eigenvalue weighted by molar-refractivity contribution is -0.218. The minimum atomic E-state index is -5.03. The number of nitrogens with two attached hydrogens (primary N) is 2. The number of aliphatic carboxylic acids is 1. The number of nitrogens with one attached hydrogen (secondary N) is 2. The molecule has 1 aromatic carbocycles. The van der Waals surface area contributed by atoms with Crippen molar-refractivity contribution in [2.75, 3.05) is 18.8 Å². The number of β-lactam (4-membered cyclic amide) rings is 1. The topological polar surface area (TPSA) is 270 Å². The number of ether oxygens (including phenoxy) is 1. The fourth-order valence-corrected chi connectivity index (χ4v) is 7.78. The molecule has 20 heteroatoms. The molecule has 50 heavy (non-hydrogen) atoms. The molecule has 3 fully saturated rings. The maximum absolute atomic E-state index is 13.5. The summed E-state index contributed by atoms with van der Waals surface area (Å²) in [7, 11) is -5.03. The van der Waals surface area contributed by atoms with Gasteiger partial charge in [-0.25, -0.2) is 9.78 Å². The van der Waals surface area contributed by atoms with Crippen molar-refractivity contribution in [2.45, 2.75) is 82.2 Å². The summed E-state index contributed by atoms with van der Waals surface area (Å²) in [6.07, 6.45) is 2.75. The van der Waals surface area contributed by atoms with Crippen LogP contribution in [-0.4, -0.2) is 99.9 Å². The molecule has 4 aliphatic rings. The quantitative estimate of drug-likeness (QED) is 0.0599. The van der Waals surface area contributed by atoms with Crippen LogP contribution in [0.25, 0.3) is 0 Å². The van der Waals surface area contributed by atoms with Crippen LogP contribution in [-0.2, 0) is 40.3 Å². The van der Waals surface area contributed by atoms with Crippen molar-refractivity contribution in [3.8, 4) is 5.75 Å². The Hall–Kier alpha value is -4.37. The number of fused-ring (bicyclic) bond motifs is 1. The standard InChI is InChI=1S/C30H38N8O10S2/c1-28(2)22(25(40)38(28)48-50(43,44)45)36-24(39)21(18-13-49-27(32)35-18)37-47-29(3,26(41)42)20-7-5-15-10-16(4-6-19(15)46-20)23(31)34-17-11-30(12-17)8-9-33-14-30/h4,6,10,13,17,20,22,33H,5,7-9,11-12,14H2,1-3H3,(H2,31,34)(H2,32,35)(H,36,39)(H,41,42)(H,43,44,45)/b37-21-/t17?,20-,22-,29+,30?/m1/s1. The minimum absolute atomic E-state index is 0.0641. The van der Waals surface area contributed by atoms with Gasteiger partial charge in [-0.1, -0.05) is 5.16 Å². The number of hydroxylamine groups is 2. The van der Waals surface area contributed by atoms with E-state index < -0.39 is 57.2 Å². The van der Waals surface area contributed by atoms with Gasteiger partial charge in [-0.3, -0.25) is 19.1 Å². The summed E-state index contributed by atoms with van der Waals surface area (Å²) < 4.78 is 41.8. The van der Waals surface area contributed by atoms with Gasteiger partial charge in [-0.05, 0) is 88.6 Å². The molecule has 270 valence electrons. The second kappa shape index (κ2) is 12.7. The Morgan fingerprint density at radius 3 is 2.64 bits per heavy atom. The number of benzene rings is 1. The van der Waals surface area contributed by atoms with Crippen molar-refractivity contribution in [3.05, 3.63) is 40.4 Å². The molecule has 1 aromatic heterocycles. The summed E-state index contributed by atoms with van der Waals surface area (Å²) in [4.78, 5) is 53.2. The normalized spacial score (nSPS) is 27.4. The number of thiazole rings is 1. The predicted molar refractivity (Wildman–Crippen MR) is 179 cm³/mol. The lowest BCUT2D eigenvalue weighted by atomic mass is 9.65. The van der Waals surface area contributed by atoms with Crippen LogP contribution in [0.5, 0.6) is 5.75 Å². The highest BCUT2D eigenvalue weighted by molar-refractivity contribution is 7.80. The molecule has 1 saturated carbocycles. The van der Waals surface area contributed by atoms with E-state index in [0.717, 1.165) is 54.8 Å². The second-order valence-electron chi connectivity index (χ2n) is 13.7. The third kappa shape index (κ3) is 6.72. The van der Waals surface area contributed by atoms with Crippen molar-refractivity contribution in [3.63, 3.8) is 0 Å². The molecule has 2 saturated heterocycles. The van der Waals surface area contributed by atoms with Crippen LogP contribution in [0.1, 0.15) is 63.3 Å². The zero-order chi connectivity index (χ0) is 36.2. The monoisotopic (exact) mass is 734 g/mol. The number of amides is 2. The van der Waals surface area contributed by atoms with Gasteiger partial charge < -0.3 is 36.8 Å². The number of carboxylic acids is 1. The molecular formula is C30H38N8O10S2. The van der Waals surface area contributed by atoms with E-state index in [1.54, 1.807) is 12.1 Å². The number of aryl methyl sites for hydroxylation is 1. The number of oxime groups is 1. The van der Waals surface area contributed by atoms with E-state index in [0.29, 0.717) is 28.5 Å². The summed E-state index contributed by atoms with van der Waals surface area (Å²) in [5, 5.41) is 21.9. The molecule has 4 heterocycles. The van der Waals surface area contributed by atoms with E-state index in [9.17, 15) is 27.9 Å². The largest absolute Gasteiger partial charge is 0.485 e. The molecule has 6 rings (SSSR count). The third-order valence-corrected chi connectivity index (χ3v) is 10.8. The SMILES string of the molecule is CC1(C)[C@H](NC(=O)/C(=N\O[C@](C)(C(=O)O)[C@H]2CCc3cc(C(N)=NC4CC5(CCNC5)C4)ccc3O2)c2csc(N)n2)C(=O)N1OS(=O)(=O)O. The van der Waals surface area contributed by atoms with Gasteiger partial charge in [0.15, 0.2) is 16.9 Å².